The Balaban J connectivity index is 2.42. The van der Waals surface area contributed by atoms with Crippen LogP contribution in [0.3, 0.4) is 0 Å². The van der Waals surface area contributed by atoms with Gasteiger partial charge >= 0.3 is 12.7 Å². The van der Waals surface area contributed by atoms with Crippen molar-refractivity contribution < 1.29 is 52.7 Å². The van der Waals surface area contributed by atoms with Crippen LogP contribution in [0, 0.1) is 11.3 Å². The molecule has 0 fully saturated rings. The minimum Gasteiger partial charge on any atom is -0.406 e. The number of hydrogen-bond donors (Lipinski definition) is 0. The van der Waals surface area contributed by atoms with Gasteiger partial charge in [-0.2, -0.15) is 5.26 Å². The Kier molecular flexibility index (Phi) is 6.97. The van der Waals surface area contributed by atoms with Crippen molar-refractivity contribution in [3.05, 3.63) is 48.5 Å². The molecule has 0 aliphatic rings. The van der Waals surface area contributed by atoms with Crippen LogP contribution in [-0.4, -0.2) is 39.8 Å². The maximum Gasteiger partial charge on any atom is 0.573 e. The zero-order valence-electron chi connectivity index (χ0n) is 15.3. The predicted octanol–water partition coefficient (Wildman–Crippen LogP) is 3.39. The van der Waals surface area contributed by atoms with Gasteiger partial charge in [0.2, 0.25) is 0 Å². The van der Waals surface area contributed by atoms with Crippen molar-refractivity contribution in [3.8, 4) is 17.6 Å². The van der Waals surface area contributed by atoms with E-state index in [1.807, 2.05) is 0 Å². The van der Waals surface area contributed by atoms with Crippen molar-refractivity contribution in [2.24, 2.45) is 0 Å². The van der Waals surface area contributed by atoms with Gasteiger partial charge in [0.05, 0.1) is 15.9 Å². The summed E-state index contributed by atoms with van der Waals surface area (Å²) >= 11 is 0. The fraction of sp³-hybridized carbons (Fsp3) is 0.188. The van der Waals surface area contributed by atoms with Gasteiger partial charge in [-0.05, 0) is 48.5 Å². The first-order valence-corrected chi connectivity index (χ1v) is 10.8. The molecule has 0 radical (unpaired) electrons. The van der Waals surface area contributed by atoms with E-state index in [1.54, 1.807) is 0 Å². The fourth-order valence-electron chi connectivity index (χ4n) is 2.22. The largest absolute Gasteiger partial charge is 0.573 e. The molecule has 0 saturated carbocycles. The summed E-state index contributed by atoms with van der Waals surface area (Å²) in [6, 6.07) is 6.26. The normalized spacial score (nSPS) is 12.9. The number of ether oxygens (including phenoxy) is 2. The van der Waals surface area contributed by atoms with E-state index in [2.05, 4.69) is 9.47 Å². The minimum absolute atomic E-state index is 0.251. The van der Waals surface area contributed by atoms with Gasteiger partial charge in [-0.15, -0.1) is 26.3 Å². The molecule has 0 aromatic heterocycles. The van der Waals surface area contributed by atoms with Gasteiger partial charge in [0.1, 0.15) is 18.0 Å². The molecule has 0 amide bonds. The monoisotopic (exact) mass is 504 g/mol. The second-order valence-electron chi connectivity index (χ2n) is 5.64. The van der Waals surface area contributed by atoms with Crippen LogP contribution in [0.1, 0.15) is 0 Å². The molecule has 0 unspecified atom stereocenters. The topological polar surface area (TPSA) is 114 Å². The van der Waals surface area contributed by atoms with Crippen molar-refractivity contribution in [1.82, 2.24) is 3.71 Å². The van der Waals surface area contributed by atoms with Crippen LogP contribution in [0.25, 0.3) is 0 Å². The number of nitriles is 1. The van der Waals surface area contributed by atoms with E-state index in [0.29, 0.717) is 48.5 Å². The van der Waals surface area contributed by atoms with E-state index in [0.717, 1.165) is 0 Å². The zero-order valence-corrected chi connectivity index (χ0v) is 16.9. The number of nitrogens with zero attached hydrogens (tertiary/aromatic N) is 2. The van der Waals surface area contributed by atoms with Crippen LogP contribution in [0.4, 0.5) is 26.3 Å². The molecule has 0 aliphatic heterocycles. The summed E-state index contributed by atoms with van der Waals surface area (Å²) in [5.74, 6) is -1.57. The van der Waals surface area contributed by atoms with Crippen LogP contribution in [-0.2, 0) is 20.0 Å². The Hall–Kier alpha value is -3.03. The molecule has 0 N–H and O–H groups in total. The quantitative estimate of drug-likeness (QED) is 0.420. The Morgan fingerprint density at radius 3 is 1.28 bits per heavy atom. The number of sulfonamides is 2. The van der Waals surface area contributed by atoms with E-state index >= 15 is 0 Å². The lowest BCUT2D eigenvalue weighted by atomic mass is 10.3. The van der Waals surface area contributed by atoms with Gasteiger partial charge in [0.15, 0.2) is 0 Å². The average Bonchev–Trinajstić information content (AvgIpc) is 2.64. The highest BCUT2D eigenvalue weighted by atomic mass is 32.3. The van der Waals surface area contributed by atoms with Crippen molar-refractivity contribution in [2.75, 3.05) is 6.54 Å². The molecule has 16 heteroatoms. The van der Waals surface area contributed by atoms with Crippen molar-refractivity contribution in [1.29, 1.82) is 5.26 Å². The van der Waals surface area contributed by atoms with E-state index in [4.69, 9.17) is 5.26 Å². The first kappa shape index (κ1) is 25.2. The second kappa shape index (κ2) is 8.84. The number of benzene rings is 2. The van der Waals surface area contributed by atoms with E-state index in [-0.39, 0.29) is 3.71 Å². The Labute approximate surface area is 177 Å². The molecule has 174 valence electrons. The first-order valence-electron chi connectivity index (χ1n) is 7.93. The molecule has 2 aromatic carbocycles. The maximum atomic E-state index is 12.8. The summed E-state index contributed by atoms with van der Waals surface area (Å²) in [4.78, 5) is -1.58. The summed E-state index contributed by atoms with van der Waals surface area (Å²) in [5.41, 5.74) is 0. The third-order valence-electron chi connectivity index (χ3n) is 3.45. The van der Waals surface area contributed by atoms with Crippen molar-refractivity contribution in [2.45, 2.75) is 22.5 Å². The van der Waals surface area contributed by atoms with Gasteiger partial charge in [0.25, 0.3) is 20.0 Å². The van der Waals surface area contributed by atoms with E-state index < -0.39 is 60.6 Å². The summed E-state index contributed by atoms with van der Waals surface area (Å²) in [6.07, 6.45) is -10.1. The molecule has 0 aliphatic carbocycles. The number of alkyl halides is 6. The van der Waals surface area contributed by atoms with Gasteiger partial charge in [-0.25, -0.2) is 16.8 Å². The Morgan fingerprint density at radius 2 is 1.03 bits per heavy atom. The summed E-state index contributed by atoms with van der Waals surface area (Å²) in [7, 11) is -9.99. The predicted molar refractivity (Wildman–Crippen MR) is 92.9 cm³/mol. The van der Waals surface area contributed by atoms with Crippen LogP contribution < -0.4 is 9.47 Å². The number of halogens is 6. The number of rotatable bonds is 7. The van der Waals surface area contributed by atoms with Gasteiger partial charge in [-0.3, -0.25) is 0 Å². The Morgan fingerprint density at radius 1 is 0.719 bits per heavy atom. The van der Waals surface area contributed by atoms with Crippen LogP contribution in [0.15, 0.2) is 58.3 Å². The van der Waals surface area contributed by atoms with Gasteiger partial charge in [-0.1, -0.05) is 3.71 Å². The van der Waals surface area contributed by atoms with E-state index in [1.165, 1.54) is 6.07 Å². The molecule has 0 bridgehead atoms. The summed E-state index contributed by atoms with van der Waals surface area (Å²) < 4.78 is 131. The highest BCUT2D eigenvalue weighted by Gasteiger charge is 2.37. The lowest BCUT2D eigenvalue weighted by Crippen LogP contribution is -2.37. The first-order chi connectivity index (χ1) is 14.6. The molecule has 0 spiro atoms. The van der Waals surface area contributed by atoms with Gasteiger partial charge < -0.3 is 9.47 Å². The maximum absolute atomic E-state index is 12.8. The molecule has 2 rings (SSSR count). The zero-order chi connectivity index (χ0) is 24.4. The lowest BCUT2D eigenvalue weighted by Gasteiger charge is -2.20. The van der Waals surface area contributed by atoms with Gasteiger partial charge in [0, 0.05) is 0 Å². The smallest absolute Gasteiger partial charge is 0.406 e. The third kappa shape index (κ3) is 6.24. The SMILES string of the molecule is N#CCN(S(=O)(=O)c1ccc(OC(F)(F)F)cc1)S(=O)(=O)c1ccc(OC(F)(F)F)cc1. The average molecular weight is 504 g/mol. The second-order valence-corrected chi connectivity index (χ2v) is 9.59. The number of hydrogen-bond acceptors (Lipinski definition) is 7. The molecule has 0 heterocycles. The lowest BCUT2D eigenvalue weighted by molar-refractivity contribution is -0.275. The molecule has 32 heavy (non-hydrogen) atoms. The Bertz CT molecular complexity index is 1110. The van der Waals surface area contributed by atoms with Crippen LogP contribution in [0.2, 0.25) is 0 Å². The molecule has 8 nitrogen and oxygen atoms in total. The van der Waals surface area contributed by atoms with Crippen molar-refractivity contribution in [3.63, 3.8) is 0 Å². The highest BCUT2D eigenvalue weighted by Crippen LogP contribution is 2.29. The van der Waals surface area contributed by atoms with Crippen LogP contribution >= 0.6 is 0 Å². The molecular weight excluding hydrogens is 494 g/mol. The van der Waals surface area contributed by atoms with E-state index in [9.17, 15) is 43.2 Å². The third-order valence-corrected chi connectivity index (χ3v) is 7.69. The standard InChI is InChI=1S/C16H10F6N2O6S2/c17-15(18,19)29-11-1-5-13(6-2-11)31(25,26)24(10-9-23)32(27,28)14-7-3-12(4-8-14)30-16(20,21)22/h1-8H,10H2. The summed E-state index contributed by atoms with van der Waals surface area (Å²) in [5, 5.41) is 8.89. The molecule has 2 aromatic rings. The summed E-state index contributed by atoms with van der Waals surface area (Å²) in [6.45, 7) is -1.23. The minimum atomic E-state index is -5.06. The molecular formula is C16H10F6N2O6S2. The molecule has 0 saturated heterocycles. The van der Waals surface area contributed by atoms with Crippen LogP contribution in [0.5, 0.6) is 11.5 Å². The highest BCUT2D eigenvalue weighted by molar-refractivity contribution is 8.04. The molecule has 0 atom stereocenters. The fourth-order valence-corrected chi connectivity index (χ4v) is 5.65. The van der Waals surface area contributed by atoms with Crippen molar-refractivity contribution >= 4 is 20.0 Å².